The average molecular weight is 412 g/mol. The minimum Gasteiger partial charge on any atom is -0.495 e. The molecule has 0 atom stereocenters. The second-order valence-corrected chi connectivity index (χ2v) is 7.14. The number of benzene rings is 3. The second kappa shape index (κ2) is 9.17. The van der Waals surface area contributed by atoms with Crippen molar-refractivity contribution in [2.45, 2.75) is 6.54 Å². The molecule has 4 rings (SSSR count). The van der Waals surface area contributed by atoms with E-state index in [1.54, 1.807) is 19.1 Å². The van der Waals surface area contributed by atoms with Crippen molar-refractivity contribution in [3.05, 3.63) is 96.7 Å². The third-order valence-electron chi connectivity index (χ3n) is 4.96. The Morgan fingerprint density at radius 2 is 1.61 bits per heavy atom. The monoisotopic (exact) mass is 412 g/mol. The zero-order valence-corrected chi connectivity index (χ0v) is 17.5. The molecule has 6 heteroatoms. The van der Waals surface area contributed by atoms with Gasteiger partial charge in [-0.1, -0.05) is 60.7 Å². The molecule has 0 aliphatic heterocycles. The van der Waals surface area contributed by atoms with Crippen LogP contribution in [-0.2, 0) is 6.54 Å². The summed E-state index contributed by atoms with van der Waals surface area (Å²) in [4.78, 5) is 14.5. The van der Waals surface area contributed by atoms with Crippen LogP contribution in [0.2, 0.25) is 0 Å². The Morgan fingerprint density at radius 1 is 0.968 bits per heavy atom. The molecular weight excluding hydrogens is 388 g/mol. The highest BCUT2D eigenvalue weighted by Crippen LogP contribution is 2.26. The number of ether oxygens (including phenoxy) is 1. The van der Waals surface area contributed by atoms with Gasteiger partial charge in [-0.3, -0.25) is 0 Å². The van der Waals surface area contributed by atoms with Crippen molar-refractivity contribution in [3.63, 3.8) is 0 Å². The molecule has 31 heavy (non-hydrogen) atoms. The number of carbonyl (C=O) groups excluding carboxylic acids is 1. The number of nitrogens with zero attached hydrogens (tertiary/aromatic N) is 3. The standard InChI is InChI=1S/C25H24N4O2/c1-28(25(30)26-22-15-9-10-16-23(22)31-2)17-20-18-29(21-13-7-4-8-14-21)27-24(20)19-11-5-3-6-12-19/h3-16,18H,17H2,1-2H3,(H,26,30). The Kier molecular flexibility index (Phi) is 5.98. The van der Waals surface area contributed by atoms with Crippen LogP contribution in [0.4, 0.5) is 10.5 Å². The first-order chi connectivity index (χ1) is 15.2. The van der Waals surface area contributed by atoms with Crippen LogP contribution in [0.5, 0.6) is 5.75 Å². The SMILES string of the molecule is COc1ccccc1NC(=O)N(C)Cc1cn(-c2ccccc2)nc1-c1ccccc1. The number of hydrogen-bond acceptors (Lipinski definition) is 3. The van der Waals surface area contributed by atoms with Gasteiger partial charge in [0.15, 0.2) is 0 Å². The van der Waals surface area contributed by atoms with E-state index in [2.05, 4.69) is 5.32 Å². The van der Waals surface area contributed by atoms with E-state index >= 15 is 0 Å². The van der Waals surface area contributed by atoms with E-state index in [1.807, 2.05) is 95.8 Å². The molecule has 0 bridgehead atoms. The van der Waals surface area contributed by atoms with Crippen molar-refractivity contribution in [1.29, 1.82) is 0 Å². The van der Waals surface area contributed by atoms with E-state index < -0.39 is 0 Å². The summed E-state index contributed by atoms with van der Waals surface area (Å²) in [6.07, 6.45) is 1.98. The summed E-state index contributed by atoms with van der Waals surface area (Å²) in [7, 11) is 3.35. The van der Waals surface area contributed by atoms with Crippen LogP contribution in [0.1, 0.15) is 5.56 Å². The third kappa shape index (κ3) is 4.59. The Labute approximate surface area is 181 Å². The summed E-state index contributed by atoms with van der Waals surface area (Å²) >= 11 is 0. The highest BCUT2D eigenvalue weighted by molar-refractivity contribution is 5.90. The summed E-state index contributed by atoms with van der Waals surface area (Å²) in [5, 5.41) is 7.73. The van der Waals surface area contributed by atoms with Crippen LogP contribution >= 0.6 is 0 Å². The first-order valence-electron chi connectivity index (χ1n) is 10.00. The Hall–Kier alpha value is -4.06. The molecule has 0 aliphatic carbocycles. The van der Waals surface area contributed by atoms with E-state index in [4.69, 9.17) is 9.84 Å². The highest BCUT2D eigenvalue weighted by atomic mass is 16.5. The van der Waals surface area contributed by atoms with Crippen molar-refractivity contribution in [2.75, 3.05) is 19.5 Å². The van der Waals surface area contributed by atoms with Crippen molar-refractivity contribution >= 4 is 11.7 Å². The zero-order chi connectivity index (χ0) is 21.6. The number of anilines is 1. The largest absolute Gasteiger partial charge is 0.495 e. The molecule has 0 spiro atoms. The third-order valence-corrected chi connectivity index (χ3v) is 4.96. The number of para-hydroxylation sites is 3. The lowest BCUT2D eigenvalue weighted by Crippen LogP contribution is -2.31. The van der Waals surface area contributed by atoms with Gasteiger partial charge in [0.05, 0.1) is 30.7 Å². The fourth-order valence-corrected chi connectivity index (χ4v) is 3.36. The van der Waals surface area contributed by atoms with Crippen LogP contribution in [0.3, 0.4) is 0 Å². The van der Waals surface area contributed by atoms with Gasteiger partial charge in [-0.2, -0.15) is 5.10 Å². The minimum absolute atomic E-state index is 0.226. The average Bonchev–Trinajstić information content (AvgIpc) is 3.24. The van der Waals surface area contributed by atoms with E-state index in [1.165, 1.54) is 0 Å². The second-order valence-electron chi connectivity index (χ2n) is 7.14. The molecule has 0 saturated carbocycles. The summed E-state index contributed by atoms with van der Waals surface area (Å²) < 4.78 is 7.18. The molecule has 156 valence electrons. The van der Waals surface area contributed by atoms with Gasteiger partial charge in [-0.05, 0) is 24.3 Å². The lowest BCUT2D eigenvalue weighted by molar-refractivity contribution is 0.220. The van der Waals surface area contributed by atoms with Gasteiger partial charge in [0.25, 0.3) is 0 Å². The van der Waals surface area contributed by atoms with E-state index in [9.17, 15) is 4.79 Å². The number of nitrogens with one attached hydrogen (secondary N) is 1. The number of hydrogen-bond donors (Lipinski definition) is 1. The Bertz CT molecular complexity index is 1160. The molecule has 0 unspecified atom stereocenters. The minimum atomic E-state index is -0.226. The first kappa shape index (κ1) is 20.2. The topological polar surface area (TPSA) is 59.4 Å². The summed E-state index contributed by atoms with van der Waals surface area (Å²) in [5.41, 5.74) is 4.40. The van der Waals surface area contributed by atoms with Crippen molar-refractivity contribution in [1.82, 2.24) is 14.7 Å². The van der Waals surface area contributed by atoms with Crippen LogP contribution in [0, 0.1) is 0 Å². The number of methoxy groups -OCH3 is 1. The van der Waals surface area contributed by atoms with Crippen LogP contribution in [-0.4, -0.2) is 34.9 Å². The predicted octanol–water partition coefficient (Wildman–Crippen LogP) is 5.21. The maximum absolute atomic E-state index is 12.8. The van der Waals surface area contributed by atoms with Crippen molar-refractivity contribution in [3.8, 4) is 22.7 Å². The molecule has 4 aromatic rings. The molecule has 1 heterocycles. The predicted molar refractivity (Wildman–Crippen MR) is 122 cm³/mol. The molecule has 2 amide bonds. The van der Waals surface area contributed by atoms with Gasteiger partial charge in [-0.25, -0.2) is 9.48 Å². The van der Waals surface area contributed by atoms with Gasteiger partial charge in [-0.15, -0.1) is 0 Å². The molecule has 1 N–H and O–H groups in total. The molecule has 0 aliphatic rings. The molecule has 6 nitrogen and oxygen atoms in total. The van der Waals surface area contributed by atoms with Crippen molar-refractivity contribution in [2.24, 2.45) is 0 Å². The molecule has 0 radical (unpaired) electrons. The van der Waals surface area contributed by atoms with Gasteiger partial charge >= 0.3 is 6.03 Å². The Balaban J connectivity index is 1.60. The van der Waals surface area contributed by atoms with E-state index in [-0.39, 0.29) is 6.03 Å². The van der Waals surface area contributed by atoms with Gasteiger partial charge in [0.2, 0.25) is 0 Å². The van der Waals surface area contributed by atoms with Crippen LogP contribution < -0.4 is 10.1 Å². The van der Waals surface area contributed by atoms with E-state index in [0.717, 1.165) is 22.5 Å². The number of aromatic nitrogens is 2. The fourth-order valence-electron chi connectivity index (χ4n) is 3.36. The summed E-state index contributed by atoms with van der Waals surface area (Å²) in [6.45, 7) is 0.401. The van der Waals surface area contributed by atoms with E-state index in [0.29, 0.717) is 18.0 Å². The quantitative estimate of drug-likeness (QED) is 0.473. The van der Waals surface area contributed by atoms with Gasteiger partial charge in [0.1, 0.15) is 5.75 Å². The highest BCUT2D eigenvalue weighted by Gasteiger charge is 2.17. The number of carbonyl (C=O) groups is 1. The van der Waals surface area contributed by atoms with Gasteiger partial charge < -0.3 is 15.0 Å². The lowest BCUT2D eigenvalue weighted by atomic mass is 10.1. The number of urea groups is 1. The molecule has 0 saturated heterocycles. The maximum Gasteiger partial charge on any atom is 0.321 e. The van der Waals surface area contributed by atoms with Crippen molar-refractivity contribution < 1.29 is 9.53 Å². The summed E-state index contributed by atoms with van der Waals surface area (Å²) in [5.74, 6) is 0.617. The van der Waals surface area contributed by atoms with Crippen LogP contribution in [0.15, 0.2) is 91.1 Å². The molecule has 0 fully saturated rings. The summed E-state index contributed by atoms with van der Waals surface area (Å²) in [6, 6.07) is 27.1. The maximum atomic E-state index is 12.8. The number of amides is 2. The molecule has 1 aromatic heterocycles. The van der Waals surface area contributed by atoms with Crippen LogP contribution in [0.25, 0.3) is 16.9 Å². The fraction of sp³-hybridized carbons (Fsp3) is 0.120. The molecular formula is C25H24N4O2. The smallest absolute Gasteiger partial charge is 0.321 e. The Morgan fingerprint density at radius 3 is 2.32 bits per heavy atom. The van der Waals surface area contributed by atoms with Gasteiger partial charge in [0, 0.05) is 24.4 Å². The lowest BCUT2D eigenvalue weighted by Gasteiger charge is -2.19. The first-order valence-corrected chi connectivity index (χ1v) is 10.00. The zero-order valence-electron chi connectivity index (χ0n) is 17.5. The molecule has 3 aromatic carbocycles. The normalized spacial score (nSPS) is 10.5. The number of rotatable bonds is 6.